The van der Waals surface area contributed by atoms with Gasteiger partial charge in [-0.1, -0.05) is 23.7 Å². The summed E-state index contributed by atoms with van der Waals surface area (Å²) >= 11 is 5.80. The zero-order valence-electron chi connectivity index (χ0n) is 13.8. The molecule has 0 fully saturated rings. The fourth-order valence-electron chi connectivity index (χ4n) is 2.57. The summed E-state index contributed by atoms with van der Waals surface area (Å²) in [5.41, 5.74) is 7.82. The Morgan fingerprint density at radius 3 is 2.74 bits per heavy atom. The van der Waals surface area contributed by atoms with Crippen LogP contribution in [0.4, 0.5) is 11.6 Å². The molecule has 3 aromatic heterocycles. The number of benzene rings is 1. The SMILES string of the molecule is Nc1c(C(=O)Nc2ccc(Cl)cn2)cnn1-c1ccccc1-c1cnco1. The van der Waals surface area contributed by atoms with E-state index in [2.05, 4.69) is 20.4 Å². The summed E-state index contributed by atoms with van der Waals surface area (Å²) < 4.78 is 6.85. The number of pyridine rings is 1. The Balaban J connectivity index is 1.67. The van der Waals surface area contributed by atoms with Gasteiger partial charge in [0, 0.05) is 11.8 Å². The van der Waals surface area contributed by atoms with Crippen LogP contribution in [-0.4, -0.2) is 25.7 Å². The number of halogens is 1. The van der Waals surface area contributed by atoms with E-state index in [9.17, 15) is 4.79 Å². The van der Waals surface area contributed by atoms with E-state index in [-0.39, 0.29) is 11.4 Å². The molecule has 1 aromatic carbocycles. The average Bonchev–Trinajstić information content (AvgIpc) is 3.33. The summed E-state index contributed by atoms with van der Waals surface area (Å²) in [6, 6.07) is 10.6. The molecule has 0 unspecified atom stereocenters. The first-order chi connectivity index (χ1) is 13.1. The molecular weight excluding hydrogens is 368 g/mol. The van der Waals surface area contributed by atoms with Gasteiger partial charge in [0.15, 0.2) is 12.2 Å². The van der Waals surface area contributed by atoms with E-state index < -0.39 is 5.91 Å². The Kier molecular flexibility index (Phi) is 4.31. The standard InChI is InChI=1S/C18H13ClN6O2/c19-11-5-6-16(22-7-11)24-18(26)13-8-23-25(17(13)20)14-4-2-1-3-12(14)15-9-21-10-27-15/h1-10H,20H2,(H,22,24,26). The van der Waals surface area contributed by atoms with Crippen molar-refractivity contribution in [3.8, 4) is 17.0 Å². The van der Waals surface area contributed by atoms with E-state index in [0.29, 0.717) is 22.3 Å². The first-order valence-corrected chi connectivity index (χ1v) is 8.26. The number of hydrogen-bond acceptors (Lipinski definition) is 6. The molecule has 27 heavy (non-hydrogen) atoms. The molecule has 9 heteroatoms. The van der Waals surface area contributed by atoms with E-state index in [1.807, 2.05) is 24.3 Å². The highest BCUT2D eigenvalue weighted by molar-refractivity contribution is 6.30. The number of hydrogen-bond donors (Lipinski definition) is 2. The topological polar surface area (TPSA) is 112 Å². The van der Waals surface area contributed by atoms with E-state index >= 15 is 0 Å². The number of nitrogens with one attached hydrogen (secondary N) is 1. The number of para-hydroxylation sites is 1. The number of carbonyl (C=O) groups is 1. The largest absolute Gasteiger partial charge is 0.443 e. The summed E-state index contributed by atoms with van der Waals surface area (Å²) in [7, 11) is 0. The minimum absolute atomic E-state index is 0.188. The Labute approximate surface area is 158 Å². The highest BCUT2D eigenvalue weighted by atomic mass is 35.5. The van der Waals surface area contributed by atoms with Gasteiger partial charge in [-0.25, -0.2) is 14.6 Å². The van der Waals surface area contributed by atoms with Crippen LogP contribution in [0.5, 0.6) is 0 Å². The van der Waals surface area contributed by atoms with Gasteiger partial charge in [0.25, 0.3) is 5.91 Å². The highest BCUT2D eigenvalue weighted by Gasteiger charge is 2.19. The quantitative estimate of drug-likeness (QED) is 0.561. The van der Waals surface area contributed by atoms with Crippen molar-refractivity contribution >= 4 is 29.1 Å². The van der Waals surface area contributed by atoms with Crippen molar-refractivity contribution in [1.29, 1.82) is 0 Å². The molecule has 3 N–H and O–H groups in total. The summed E-state index contributed by atoms with van der Waals surface area (Å²) in [4.78, 5) is 20.5. The fourth-order valence-corrected chi connectivity index (χ4v) is 2.69. The van der Waals surface area contributed by atoms with Crippen molar-refractivity contribution in [2.45, 2.75) is 0 Å². The molecule has 0 saturated heterocycles. The number of carbonyl (C=O) groups excluding carboxylic acids is 1. The van der Waals surface area contributed by atoms with Crippen LogP contribution in [0.3, 0.4) is 0 Å². The van der Waals surface area contributed by atoms with Crippen molar-refractivity contribution in [3.05, 3.63) is 72.0 Å². The number of aromatic nitrogens is 4. The monoisotopic (exact) mass is 380 g/mol. The van der Waals surface area contributed by atoms with E-state index in [1.54, 1.807) is 18.3 Å². The number of amides is 1. The predicted octanol–water partition coefficient (Wildman–Crippen LogP) is 3.41. The molecule has 0 radical (unpaired) electrons. The van der Waals surface area contributed by atoms with Gasteiger partial charge in [0.2, 0.25) is 0 Å². The second-order valence-electron chi connectivity index (χ2n) is 5.55. The third kappa shape index (κ3) is 3.25. The number of anilines is 2. The van der Waals surface area contributed by atoms with Crippen molar-refractivity contribution < 1.29 is 9.21 Å². The Bertz CT molecular complexity index is 1090. The second-order valence-corrected chi connectivity index (χ2v) is 5.99. The number of nitrogens with two attached hydrogens (primary N) is 1. The van der Waals surface area contributed by atoms with Crippen LogP contribution in [0.25, 0.3) is 17.0 Å². The maximum Gasteiger partial charge on any atom is 0.262 e. The molecule has 0 spiro atoms. The van der Waals surface area contributed by atoms with Gasteiger partial charge in [0.1, 0.15) is 17.2 Å². The van der Waals surface area contributed by atoms with Crippen molar-refractivity contribution in [2.24, 2.45) is 0 Å². The minimum Gasteiger partial charge on any atom is -0.443 e. The van der Waals surface area contributed by atoms with E-state index in [1.165, 1.54) is 23.5 Å². The van der Waals surface area contributed by atoms with Crippen LogP contribution in [0, 0.1) is 0 Å². The lowest BCUT2D eigenvalue weighted by Gasteiger charge is -2.09. The number of oxazole rings is 1. The summed E-state index contributed by atoms with van der Waals surface area (Å²) in [6.07, 6.45) is 5.78. The van der Waals surface area contributed by atoms with Crippen molar-refractivity contribution in [1.82, 2.24) is 19.7 Å². The maximum atomic E-state index is 12.5. The van der Waals surface area contributed by atoms with Gasteiger partial charge >= 0.3 is 0 Å². The molecular formula is C18H13ClN6O2. The van der Waals surface area contributed by atoms with Gasteiger partial charge in [-0.2, -0.15) is 5.10 Å². The zero-order chi connectivity index (χ0) is 18.8. The van der Waals surface area contributed by atoms with Gasteiger partial charge < -0.3 is 15.5 Å². The lowest BCUT2D eigenvalue weighted by atomic mass is 10.1. The lowest BCUT2D eigenvalue weighted by molar-refractivity contribution is 0.102. The molecule has 1 amide bonds. The van der Waals surface area contributed by atoms with E-state index in [4.69, 9.17) is 21.8 Å². The Hall–Kier alpha value is -3.65. The smallest absolute Gasteiger partial charge is 0.262 e. The highest BCUT2D eigenvalue weighted by Crippen LogP contribution is 2.28. The molecule has 4 aromatic rings. The van der Waals surface area contributed by atoms with Gasteiger partial charge in [-0.05, 0) is 24.3 Å². The van der Waals surface area contributed by atoms with Crippen LogP contribution in [0.1, 0.15) is 10.4 Å². The number of nitrogens with zero attached hydrogens (tertiary/aromatic N) is 4. The molecule has 0 aliphatic rings. The summed E-state index contributed by atoms with van der Waals surface area (Å²) in [6.45, 7) is 0. The molecule has 0 bridgehead atoms. The maximum absolute atomic E-state index is 12.5. The third-order valence-corrected chi connectivity index (χ3v) is 4.07. The first-order valence-electron chi connectivity index (χ1n) is 7.88. The van der Waals surface area contributed by atoms with Crippen LogP contribution >= 0.6 is 11.6 Å². The Morgan fingerprint density at radius 2 is 2.00 bits per heavy atom. The molecule has 0 atom stereocenters. The third-order valence-electron chi connectivity index (χ3n) is 3.85. The predicted molar refractivity (Wildman–Crippen MR) is 101 cm³/mol. The molecule has 0 aliphatic carbocycles. The van der Waals surface area contributed by atoms with Gasteiger partial charge in [-0.15, -0.1) is 0 Å². The second kappa shape index (κ2) is 6.93. The molecule has 3 heterocycles. The molecule has 134 valence electrons. The van der Waals surface area contributed by atoms with Gasteiger partial charge in [0.05, 0.1) is 23.1 Å². The number of rotatable bonds is 4. The molecule has 8 nitrogen and oxygen atoms in total. The van der Waals surface area contributed by atoms with Crippen LogP contribution in [-0.2, 0) is 0 Å². The normalized spacial score (nSPS) is 10.7. The van der Waals surface area contributed by atoms with Crippen LogP contribution < -0.4 is 11.1 Å². The fraction of sp³-hybridized carbons (Fsp3) is 0. The minimum atomic E-state index is -0.425. The number of nitrogen functional groups attached to an aromatic ring is 1. The van der Waals surface area contributed by atoms with Crippen molar-refractivity contribution in [2.75, 3.05) is 11.1 Å². The summed E-state index contributed by atoms with van der Waals surface area (Å²) in [5, 5.41) is 7.40. The van der Waals surface area contributed by atoms with Gasteiger partial charge in [-0.3, -0.25) is 4.79 Å². The zero-order valence-corrected chi connectivity index (χ0v) is 14.6. The average molecular weight is 381 g/mol. The van der Waals surface area contributed by atoms with Crippen LogP contribution in [0.15, 0.2) is 65.8 Å². The molecule has 0 saturated carbocycles. The Morgan fingerprint density at radius 1 is 1.15 bits per heavy atom. The lowest BCUT2D eigenvalue weighted by Crippen LogP contribution is -2.15. The molecule has 0 aliphatic heterocycles. The van der Waals surface area contributed by atoms with E-state index in [0.717, 1.165) is 5.56 Å². The van der Waals surface area contributed by atoms with Crippen LogP contribution in [0.2, 0.25) is 5.02 Å². The first kappa shape index (κ1) is 16.8. The summed E-state index contributed by atoms with van der Waals surface area (Å²) in [5.74, 6) is 0.689. The van der Waals surface area contributed by atoms with Crippen molar-refractivity contribution in [3.63, 3.8) is 0 Å². The molecule has 4 rings (SSSR count).